The van der Waals surface area contributed by atoms with Crippen LogP contribution >= 0.6 is 11.3 Å². The number of fused-ring (bicyclic) bond motifs is 1. The summed E-state index contributed by atoms with van der Waals surface area (Å²) in [6, 6.07) is -0.0218. The third-order valence-corrected chi connectivity index (χ3v) is 4.77. The fourth-order valence-electron chi connectivity index (χ4n) is 2.47. The normalized spacial score (nSPS) is 20.2. The first-order valence-electron chi connectivity index (χ1n) is 6.38. The Bertz CT molecular complexity index is 599. The zero-order valence-corrected chi connectivity index (χ0v) is 11.9. The van der Waals surface area contributed by atoms with Crippen LogP contribution in [0.2, 0.25) is 0 Å². The molecule has 1 aliphatic rings. The molecule has 0 bridgehead atoms. The number of rotatable bonds is 2. The zero-order valence-electron chi connectivity index (χ0n) is 11.1. The summed E-state index contributed by atoms with van der Waals surface area (Å²) in [6.45, 7) is 6.26. The van der Waals surface area contributed by atoms with Crippen LogP contribution in [0.5, 0.6) is 0 Å². The lowest BCUT2D eigenvalue weighted by Crippen LogP contribution is -2.48. The number of anilines is 1. The summed E-state index contributed by atoms with van der Waals surface area (Å²) in [6.07, 6.45) is 1.61. The van der Waals surface area contributed by atoms with Gasteiger partial charge in [-0.15, -0.1) is 11.3 Å². The summed E-state index contributed by atoms with van der Waals surface area (Å²) in [5, 5.41) is 10.6. The molecule has 0 spiro atoms. The highest BCUT2D eigenvalue weighted by molar-refractivity contribution is 7.18. The molecule has 2 aromatic heterocycles. The van der Waals surface area contributed by atoms with E-state index in [0.717, 1.165) is 22.6 Å². The van der Waals surface area contributed by atoms with Crippen LogP contribution in [0.25, 0.3) is 10.2 Å². The first-order chi connectivity index (χ1) is 9.22. The molecule has 0 radical (unpaired) electrons. The Morgan fingerprint density at radius 1 is 1.47 bits per heavy atom. The lowest BCUT2D eigenvalue weighted by atomic mass is 10.1. The van der Waals surface area contributed by atoms with Crippen molar-refractivity contribution in [2.24, 2.45) is 0 Å². The van der Waals surface area contributed by atoms with Gasteiger partial charge in [0.05, 0.1) is 31.2 Å². The predicted molar refractivity (Wildman–Crippen MR) is 75.9 cm³/mol. The van der Waals surface area contributed by atoms with E-state index in [2.05, 4.69) is 28.7 Å². The van der Waals surface area contributed by atoms with Crippen molar-refractivity contribution in [3.8, 4) is 0 Å². The molecular formula is C13H17N3O2S. The van der Waals surface area contributed by atoms with Crippen LogP contribution in [0.1, 0.15) is 10.4 Å². The summed E-state index contributed by atoms with van der Waals surface area (Å²) in [5.41, 5.74) is 1.23. The maximum atomic E-state index is 9.51. The number of aryl methyl sites for hydroxylation is 2. The SMILES string of the molecule is Cc1sc2ncnc(N3CCOCC3CO)c2c1C. The van der Waals surface area contributed by atoms with Gasteiger partial charge in [0.15, 0.2) is 0 Å². The smallest absolute Gasteiger partial charge is 0.141 e. The standard InChI is InChI=1S/C13H17N3O2S/c1-8-9(2)19-13-11(8)12(14-7-15-13)16-3-4-18-6-10(16)5-17/h7,10,17H,3-6H2,1-2H3. The Hall–Kier alpha value is -1.24. The van der Waals surface area contributed by atoms with Crippen LogP contribution in [-0.2, 0) is 4.74 Å². The van der Waals surface area contributed by atoms with Gasteiger partial charge < -0.3 is 14.7 Å². The first kappa shape index (κ1) is 12.8. The minimum absolute atomic E-state index is 0.0218. The van der Waals surface area contributed by atoms with Crippen LogP contribution in [0.3, 0.4) is 0 Å². The predicted octanol–water partition coefficient (Wildman–Crippen LogP) is 1.51. The van der Waals surface area contributed by atoms with Crippen molar-refractivity contribution in [3.05, 3.63) is 16.8 Å². The average Bonchev–Trinajstić information content (AvgIpc) is 2.74. The fourth-order valence-corrected chi connectivity index (χ4v) is 3.46. The minimum Gasteiger partial charge on any atom is -0.394 e. The maximum Gasteiger partial charge on any atom is 0.141 e. The highest BCUT2D eigenvalue weighted by Gasteiger charge is 2.26. The Kier molecular flexibility index (Phi) is 3.38. The Labute approximate surface area is 115 Å². The number of morpholine rings is 1. The lowest BCUT2D eigenvalue weighted by Gasteiger charge is -2.35. The molecule has 2 aromatic rings. The van der Waals surface area contributed by atoms with Crippen molar-refractivity contribution < 1.29 is 9.84 Å². The van der Waals surface area contributed by atoms with Crippen LogP contribution in [0.15, 0.2) is 6.33 Å². The summed E-state index contributed by atoms with van der Waals surface area (Å²) in [7, 11) is 0. The summed E-state index contributed by atoms with van der Waals surface area (Å²) >= 11 is 1.69. The van der Waals surface area contributed by atoms with Crippen molar-refractivity contribution in [3.63, 3.8) is 0 Å². The van der Waals surface area contributed by atoms with Gasteiger partial charge in [0.2, 0.25) is 0 Å². The van der Waals surface area contributed by atoms with E-state index in [9.17, 15) is 5.11 Å². The van der Waals surface area contributed by atoms with E-state index in [1.165, 1.54) is 10.4 Å². The van der Waals surface area contributed by atoms with Crippen LogP contribution in [-0.4, -0.2) is 47.5 Å². The summed E-state index contributed by atoms with van der Waals surface area (Å²) in [4.78, 5) is 13.2. The van der Waals surface area contributed by atoms with Crippen molar-refractivity contribution in [2.75, 3.05) is 31.3 Å². The number of thiophene rings is 1. The number of nitrogens with zero attached hydrogens (tertiary/aromatic N) is 3. The number of aliphatic hydroxyl groups is 1. The van der Waals surface area contributed by atoms with Gasteiger partial charge in [0.1, 0.15) is 17.0 Å². The molecule has 1 N–H and O–H groups in total. The molecule has 1 atom stereocenters. The Morgan fingerprint density at radius 3 is 3.11 bits per heavy atom. The molecule has 1 saturated heterocycles. The van der Waals surface area contributed by atoms with Crippen LogP contribution in [0, 0.1) is 13.8 Å². The van der Waals surface area contributed by atoms with Crippen molar-refractivity contribution in [1.29, 1.82) is 0 Å². The monoisotopic (exact) mass is 279 g/mol. The molecule has 1 aliphatic heterocycles. The van der Waals surface area contributed by atoms with Gasteiger partial charge in [-0.1, -0.05) is 0 Å². The van der Waals surface area contributed by atoms with E-state index in [4.69, 9.17) is 4.74 Å². The zero-order chi connectivity index (χ0) is 13.4. The topological polar surface area (TPSA) is 58.5 Å². The van der Waals surface area contributed by atoms with Gasteiger partial charge in [-0.2, -0.15) is 0 Å². The lowest BCUT2D eigenvalue weighted by molar-refractivity contribution is 0.0724. The highest BCUT2D eigenvalue weighted by atomic mass is 32.1. The average molecular weight is 279 g/mol. The number of hydrogen-bond donors (Lipinski definition) is 1. The van der Waals surface area contributed by atoms with Gasteiger partial charge in [-0.05, 0) is 19.4 Å². The second-order valence-corrected chi connectivity index (χ2v) is 5.97. The molecule has 0 amide bonds. The van der Waals surface area contributed by atoms with E-state index in [0.29, 0.717) is 13.2 Å². The summed E-state index contributed by atoms with van der Waals surface area (Å²) < 4.78 is 5.43. The second-order valence-electron chi connectivity index (χ2n) is 4.77. The molecule has 1 unspecified atom stereocenters. The van der Waals surface area contributed by atoms with Gasteiger partial charge in [0, 0.05) is 11.4 Å². The van der Waals surface area contributed by atoms with Crippen LogP contribution in [0.4, 0.5) is 5.82 Å². The van der Waals surface area contributed by atoms with Crippen LogP contribution < -0.4 is 4.90 Å². The molecular weight excluding hydrogens is 262 g/mol. The quantitative estimate of drug-likeness (QED) is 0.903. The van der Waals surface area contributed by atoms with Crippen molar-refractivity contribution in [2.45, 2.75) is 19.9 Å². The number of ether oxygens (including phenoxy) is 1. The molecule has 0 aliphatic carbocycles. The summed E-state index contributed by atoms with van der Waals surface area (Å²) in [5.74, 6) is 0.925. The van der Waals surface area contributed by atoms with E-state index in [-0.39, 0.29) is 12.6 Å². The molecule has 19 heavy (non-hydrogen) atoms. The molecule has 5 nitrogen and oxygen atoms in total. The third-order valence-electron chi connectivity index (χ3n) is 3.66. The molecule has 102 valence electrons. The molecule has 3 heterocycles. The van der Waals surface area contributed by atoms with Crippen molar-refractivity contribution in [1.82, 2.24) is 9.97 Å². The fraction of sp³-hybridized carbons (Fsp3) is 0.538. The Balaban J connectivity index is 2.13. The second kappa shape index (κ2) is 5.03. The Morgan fingerprint density at radius 2 is 2.32 bits per heavy atom. The first-order valence-corrected chi connectivity index (χ1v) is 7.20. The van der Waals surface area contributed by atoms with Gasteiger partial charge in [-0.25, -0.2) is 9.97 Å². The number of aliphatic hydroxyl groups excluding tert-OH is 1. The third kappa shape index (κ3) is 2.09. The number of aromatic nitrogens is 2. The molecule has 1 fully saturated rings. The van der Waals surface area contributed by atoms with E-state index < -0.39 is 0 Å². The van der Waals surface area contributed by atoms with Gasteiger partial charge >= 0.3 is 0 Å². The molecule has 0 saturated carbocycles. The molecule has 6 heteroatoms. The maximum absolute atomic E-state index is 9.51. The van der Waals surface area contributed by atoms with E-state index >= 15 is 0 Å². The number of hydrogen-bond acceptors (Lipinski definition) is 6. The molecule has 0 aromatic carbocycles. The highest BCUT2D eigenvalue weighted by Crippen LogP contribution is 2.35. The van der Waals surface area contributed by atoms with Crippen molar-refractivity contribution >= 4 is 27.4 Å². The van der Waals surface area contributed by atoms with Gasteiger partial charge in [-0.3, -0.25) is 0 Å². The van der Waals surface area contributed by atoms with E-state index in [1.807, 2.05) is 0 Å². The van der Waals surface area contributed by atoms with Gasteiger partial charge in [0.25, 0.3) is 0 Å². The van der Waals surface area contributed by atoms with E-state index in [1.54, 1.807) is 17.7 Å². The largest absolute Gasteiger partial charge is 0.394 e. The molecule has 3 rings (SSSR count). The minimum atomic E-state index is -0.0218.